The molecule has 1 aliphatic heterocycles. The molecule has 1 fully saturated rings. The lowest BCUT2D eigenvalue weighted by molar-refractivity contribution is 0.189. The van der Waals surface area contributed by atoms with E-state index < -0.39 is 0 Å². The Kier molecular flexibility index (Phi) is 5.80. The molecule has 1 aromatic carbocycles. The molecule has 0 aliphatic carbocycles. The highest BCUT2D eigenvalue weighted by Gasteiger charge is 2.27. The van der Waals surface area contributed by atoms with Crippen LogP contribution in [0.3, 0.4) is 0 Å². The van der Waals surface area contributed by atoms with E-state index in [2.05, 4.69) is 54.6 Å². The number of pyridine rings is 1. The number of aryl methyl sites for hydroxylation is 2. The number of hydrogen-bond acceptors (Lipinski definition) is 2. The van der Waals surface area contributed by atoms with Crippen LogP contribution in [0.1, 0.15) is 61.5 Å². The summed E-state index contributed by atoms with van der Waals surface area (Å²) in [5, 5.41) is 0.688. The van der Waals surface area contributed by atoms with E-state index in [-0.39, 0.29) is 6.04 Å². The van der Waals surface area contributed by atoms with Gasteiger partial charge in [0, 0.05) is 18.4 Å². The quantitative estimate of drug-likeness (QED) is 0.644. The number of benzene rings is 1. The minimum Gasteiger partial charge on any atom is -0.362 e. The summed E-state index contributed by atoms with van der Waals surface area (Å²) < 4.78 is 0. The molecule has 2 nitrogen and oxygen atoms in total. The maximum Gasteiger partial charge on any atom is 0.0714 e. The van der Waals surface area contributed by atoms with Crippen molar-refractivity contribution < 1.29 is 0 Å². The molecule has 0 spiro atoms. The van der Waals surface area contributed by atoms with Crippen molar-refractivity contribution >= 4 is 11.6 Å². The third-order valence-corrected chi connectivity index (χ3v) is 5.44. The van der Waals surface area contributed by atoms with Gasteiger partial charge in [0.15, 0.2) is 0 Å². The minimum absolute atomic E-state index is 0.286. The minimum atomic E-state index is 0.286. The van der Waals surface area contributed by atoms with E-state index in [0.717, 1.165) is 37.9 Å². The molecule has 0 radical (unpaired) electrons. The van der Waals surface area contributed by atoms with Crippen LogP contribution >= 0.6 is 11.6 Å². The van der Waals surface area contributed by atoms with Gasteiger partial charge < -0.3 is 4.90 Å². The first-order chi connectivity index (χ1) is 12.1. The number of aromatic nitrogens is 1. The van der Waals surface area contributed by atoms with Crippen LogP contribution in [-0.2, 0) is 19.4 Å². The van der Waals surface area contributed by atoms with E-state index in [1.807, 2.05) is 6.07 Å². The molecule has 0 bridgehead atoms. The predicted molar refractivity (Wildman–Crippen MR) is 106 cm³/mol. The number of hydrogen-bond donors (Lipinski definition) is 0. The lowest BCUT2D eigenvalue weighted by Crippen LogP contribution is -2.31. The molecule has 2 aromatic rings. The third-order valence-electron chi connectivity index (χ3n) is 5.22. The third kappa shape index (κ3) is 4.07. The maximum absolute atomic E-state index is 6.02. The summed E-state index contributed by atoms with van der Waals surface area (Å²) in [5.74, 6) is 0. The Balaban J connectivity index is 1.89. The van der Waals surface area contributed by atoms with E-state index in [9.17, 15) is 0 Å². The normalized spacial score (nSPS) is 17.8. The van der Waals surface area contributed by atoms with Gasteiger partial charge in [-0.15, -0.1) is 0 Å². The Morgan fingerprint density at radius 3 is 2.68 bits per heavy atom. The number of piperidine rings is 1. The van der Waals surface area contributed by atoms with Crippen molar-refractivity contribution in [3.05, 3.63) is 76.2 Å². The topological polar surface area (TPSA) is 16.1 Å². The molecule has 1 saturated heterocycles. The highest BCUT2D eigenvalue weighted by Crippen LogP contribution is 2.36. The van der Waals surface area contributed by atoms with Gasteiger partial charge in [0.25, 0.3) is 0 Å². The van der Waals surface area contributed by atoms with Crippen molar-refractivity contribution in [3.8, 4) is 0 Å². The molecule has 3 rings (SSSR count). The first kappa shape index (κ1) is 18.0. The molecule has 1 unspecified atom stereocenters. The molecule has 1 aromatic heterocycles. The fourth-order valence-corrected chi connectivity index (χ4v) is 3.81. The average molecular weight is 355 g/mol. The zero-order valence-corrected chi connectivity index (χ0v) is 16.0. The van der Waals surface area contributed by atoms with Gasteiger partial charge in [-0.05, 0) is 60.9 Å². The molecular weight excluding hydrogens is 328 g/mol. The van der Waals surface area contributed by atoms with Gasteiger partial charge in [0.2, 0.25) is 0 Å². The summed E-state index contributed by atoms with van der Waals surface area (Å²) in [6, 6.07) is 11.2. The van der Waals surface area contributed by atoms with Crippen LogP contribution in [0, 0.1) is 0 Å². The first-order valence-electron chi connectivity index (χ1n) is 9.29. The molecular formula is C22H27ClN2. The van der Waals surface area contributed by atoms with Crippen LogP contribution in [0.4, 0.5) is 0 Å². The fraction of sp³-hybridized carbons (Fsp3) is 0.409. The Morgan fingerprint density at radius 1 is 1.16 bits per heavy atom. The summed E-state index contributed by atoms with van der Waals surface area (Å²) >= 11 is 6.02. The van der Waals surface area contributed by atoms with E-state index >= 15 is 0 Å². The van der Waals surface area contributed by atoms with Gasteiger partial charge >= 0.3 is 0 Å². The Labute approximate surface area is 156 Å². The van der Waals surface area contributed by atoms with Crippen LogP contribution in [0.15, 0.2) is 48.8 Å². The molecule has 25 heavy (non-hydrogen) atoms. The van der Waals surface area contributed by atoms with Crippen molar-refractivity contribution in [2.45, 2.75) is 58.5 Å². The van der Waals surface area contributed by atoms with Gasteiger partial charge in [0.1, 0.15) is 0 Å². The van der Waals surface area contributed by atoms with Crippen LogP contribution in [-0.4, -0.2) is 9.88 Å². The highest BCUT2D eigenvalue weighted by molar-refractivity contribution is 6.30. The van der Waals surface area contributed by atoms with Gasteiger partial charge in [-0.25, -0.2) is 0 Å². The zero-order valence-electron chi connectivity index (χ0n) is 15.3. The average Bonchev–Trinajstić information content (AvgIpc) is 2.64. The lowest BCUT2D eigenvalue weighted by atomic mass is 9.94. The van der Waals surface area contributed by atoms with E-state index in [1.54, 1.807) is 6.20 Å². The molecule has 1 atom stereocenters. The van der Waals surface area contributed by atoms with Crippen LogP contribution < -0.4 is 0 Å². The van der Waals surface area contributed by atoms with E-state index in [0.29, 0.717) is 5.02 Å². The predicted octanol–water partition coefficient (Wildman–Crippen LogP) is 6.10. The van der Waals surface area contributed by atoms with E-state index in [4.69, 9.17) is 11.6 Å². The SMILES string of the molecule is C=C1CCCC(c2ccc(Cl)cn2)N1Cc1ccc(CC)cc1CC. The van der Waals surface area contributed by atoms with Gasteiger partial charge in [-0.2, -0.15) is 0 Å². The van der Waals surface area contributed by atoms with Crippen molar-refractivity contribution in [2.24, 2.45) is 0 Å². The molecule has 132 valence electrons. The zero-order chi connectivity index (χ0) is 17.8. The number of likely N-dealkylation sites (tertiary alicyclic amines) is 1. The van der Waals surface area contributed by atoms with Crippen molar-refractivity contribution in [3.63, 3.8) is 0 Å². The highest BCUT2D eigenvalue weighted by atomic mass is 35.5. The Bertz CT molecular complexity index is 736. The number of halogens is 1. The fourth-order valence-electron chi connectivity index (χ4n) is 3.70. The summed E-state index contributed by atoms with van der Waals surface area (Å²) in [6.07, 6.45) is 7.24. The molecule has 0 saturated carbocycles. The van der Waals surface area contributed by atoms with Crippen molar-refractivity contribution in [1.29, 1.82) is 0 Å². The van der Waals surface area contributed by atoms with Crippen LogP contribution in [0.25, 0.3) is 0 Å². The van der Waals surface area contributed by atoms with Crippen LogP contribution in [0.5, 0.6) is 0 Å². The first-order valence-corrected chi connectivity index (χ1v) is 9.66. The van der Waals surface area contributed by atoms with Gasteiger partial charge in [0.05, 0.1) is 16.8 Å². The van der Waals surface area contributed by atoms with Crippen molar-refractivity contribution in [2.75, 3.05) is 0 Å². The summed E-state index contributed by atoms with van der Waals surface area (Å²) in [6.45, 7) is 9.70. The standard InChI is InChI=1S/C22H27ClN2/c1-4-17-9-10-19(18(5-2)13-17)15-25-16(3)7-6-8-22(25)21-12-11-20(23)14-24-21/h9-14,22H,3-8,15H2,1-2H3. The largest absolute Gasteiger partial charge is 0.362 e. The summed E-state index contributed by atoms with van der Waals surface area (Å²) in [4.78, 5) is 7.03. The second kappa shape index (κ2) is 8.05. The van der Waals surface area contributed by atoms with E-state index in [1.165, 1.54) is 28.8 Å². The smallest absolute Gasteiger partial charge is 0.0714 e. The number of rotatable bonds is 5. The summed E-state index contributed by atoms with van der Waals surface area (Å²) in [5.41, 5.74) is 6.57. The second-order valence-corrected chi connectivity index (χ2v) is 7.25. The molecule has 3 heteroatoms. The molecule has 2 heterocycles. The van der Waals surface area contributed by atoms with Gasteiger partial charge in [-0.3, -0.25) is 4.98 Å². The maximum atomic E-state index is 6.02. The van der Waals surface area contributed by atoms with Crippen molar-refractivity contribution in [1.82, 2.24) is 9.88 Å². The Morgan fingerprint density at radius 2 is 2.00 bits per heavy atom. The lowest BCUT2D eigenvalue weighted by Gasteiger charge is -2.39. The Hall–Kier alpha value is -1.80. The summed E-state index contributed by atoms with van der Waals surface area (Å²) in [7, 11) is 0. The van der Waals surface area contributed by atoms with Gasteiger partial charge in [-0.1, -0.05) is 50.2 Å². The monoisotopic (exact) mass is 354 g/mol. The molecule has 1 aliphatic rings. The molecule has 0 amide bonds. The van der Waals surface area contributed by atoms with Crippen LogP contribution in [0.2, 0.25) is 5.02 Å². The number of nitrogens with zero attached hydrogens (tertiary/aromatic N) is 2. The number of allylic oxidation sites excluding steroid dienone is 1. The molecule has 0 N–H and O–H groups in total. The second-order valence-electron chi connectivity index (χ2n) is 6.81.